The van der Waals surface area contributed by atoms with Crippen LogP contribution in [0.1, 0.15) is 27.7 Å². The first-order chi connectivity index (χ1) is 13.2. The van der Waals surface area contributed by atoms with E-state index in [9.17, 15) is 9.59 Å². The van der Waals surface area contributed by atoms with E-state index in [4.69, 9.17) is 14.3 Å². The minimum absolute atomic E-state index is 0.104. The zero-order valence-corrected chi connectivity index (χ0v) is 13.5. The van der Waals surface area contributed by atoms with E-state index in [1.165, 1.54) is 0 Å². The Labute approximate surface area is 151 Å². The van der Waals surface area contributed by atoms with E-state index in [0.29, 0.717) is 25.1 Å². The van der Waals surface area contributed by atoms with Crippen LogP contribution in [0, 0.1) is 0 Å². The van der Waals surface area contributed by atoms with Crippen molar-refractivity contribution in [3.8, 4) is 0 Å². The number of nitrogens with zero attached hydrogens (tertiary/aromatic N) is 1. The van der Waals surface area contributed by atoms with Gasteiger partial charge in [0.25, 0.3) is 0 Å². The van der Waals surface area contributed by atoms with Gasteiger partial charge in [0.15, 0.2) is 0 Å². The number of nitrogens with one attached hydrogen (secondary N) is 1. The highest BCUT2D eigenvalue weighted by Crippen LogP contribution is 2.25. The van der Waals surface area contributed by atoms with Crippen LogP contribution in [-0.4, -0.2) is 40.7 Å². The van der Waals surface area contributed by atoms with Crippen molar-refractivity contribution in [3.63, 3.8) is 0 Å². The molecule has 0 saturated heterocycles. The molecule has 132 valence electrons. The maximum Gasteiger partial charge on any atom is 0.328 e. The van der Waals surface area contributed by atoms with Gasteiger partial charge in [0, 0.05) is 34.1 Å². The van der Waals surface area contributed by atoms with E-state index in [-0.39, 0.29) is 5.92 Å². The van der Waals surface area contributed by atoms with Crippen LogP contribution >= 0.6 is 0 Å². The van der Waals surface area contributed by atoms with Gasteiger partial charge in [0.1, 0.15) is 0 Å². The van der Waals surface area contributed by atoms with Crippen LogP contribution in [0.4, 0.5) is 0 Å². The average Bonchev–Trinajstić information content (AvgIpc) is 2.65. The van der Waals surface area contributed by atoms with Gasteiger partial charge in [-0.25, -0.2) is 9.59 Å². The first-order valence-corrected chi connectivity index (χ1v) is 7.54. The van der Waals surface area contributed by atoms with E-state index >= 15 is 0 Å². The number of hydrogen-bond acceptors (Lipinski definition) is 4. The molecular weight excluding hydrogens is 320 g/mol. The molecule has 6 nitrogen and oxygen atoms in total. The van der Waals surface area contributed by atoms with Crippen LogP contribution in [-0.2, 0) is 9.59 Å². The highest BCUT2D eigenvalue weighted by atomic mass is 16.4. The van der Waals surface area contributed by atoms with Gasteiger partial charge in [-0.1, -0.05) is 36.4 Å². The summed E-state index contributed by atoms with van der Waals surface area (Å²) in [5.74, 6) is -2.41. The van der Waals surface area contributed by atoms with Crippen LogP contribution in [0.3, 0.4) is 0 Å². The van der Waals surface area contributed by atoms with Crippen molar-refractivity contribution in [2.75, 3.05) is 13.5 Å². The van der Waals surface area contributed by atoms with Gasteiger partial charge in [-0.3, -0.25) is 4.98 Å². The third-order valence-corrected chi connectivity index (χ3v) is 3.17. The van der Waals surface area contributed by atoms with Gasteiger partial charge < -0.3 is 15.5 Å². The molecule has 25 heavy (non-hydrogen) atoms. The van der Waals surface area contributed by atoms with Crippen LogP contribution in [0.25, 0.3) is 0 Å². The summed E-state index contributed by atoms with van der Waals surface area (Å²) in [6.45, 7) is -1.67. The topological polar surface area (TPSA) is 99.5 Å². The molecule has 0 spiro atoms. The molecule has 1 heterocycles. The molecule has 0 aliphatic carbocycles. The van der Waals surface area contributed by atoms with E-state index in [0.717, 1.165) is 11.3 Å². The highest BCUT2D eigenvalue weighted by molar-refractivity contribution is 5.89. The predicted octanol–water partition coefficient (Wildman–Crippen LogP) is 2.53. The second-order valence-electron chi connectivity index (χ2n) is 4.94. The standard InChI is InChI=1S/C15H18N2.C4H4O4/c1-16-12-10-14(13-7-3-2-4-8-13)15-9-5-6-11-17-15;5-3(6)1-2-4(7)8/h2-9,11,14,16H,10,12H2,1H3;1-2H,(H,5,6)(H,7,8)/b;2-1-/i1D3;. The van der Waals surface area contributed by atoms with Crippen molar-refractivity contribution in [1.82, 2.24) is 10.3 Å². The molecule has 0 fully saturated rings. The number of aromatic nitrogens is 1. The number of carbonyl (C=O) groups is 2. The molecule has 3 N–H and O–H groups in total. The number of carboxylic acids is 2. The number of hydrogen-bond donors (Lipinski definition) is 3. The Kier molecular flexibility index (Phi) is 7.16. The summed E-state index contributed by atoms with van der Waals surface area (Å²) in [7, 11) is 0. The van der Waals surface area contributed by atoms with Gasteiger partial charge in [-0.05, 0) is 37.6 Å². The molecule has 0 aliphatic rings. The molecule has 2 rings (SSSR count). The quantitative estimate of drug-likeness (QED) is 0.667. The maximum absolute atomic E-state index is 9.55. The van der Waals surface area contributed by atoms with Crippen LogP contribution in [0.5, 0.6) is 0 Å². The van der Waals surface area contributed by atoms with Gasteiger partial charge in [0.05, 0.1) is 0 Å². The Morgan fingerprint density at radius 2 is 1.76 bits per heavy atom. The Bertz CT molecular complexity index is 710. The molecule has 0 radical (unpaired) electrons. The van der Waals surface area contributed by atoms with Crippen LogP contribution in [0.15, 0.2) is 66.9 Å². The lowest BCUT2D eigenvalue weighted by Gasteiger charge is -2.16. The number of benzene rings is 1. The molecule has 1 aromatic heterocycles. The Morgan fingerprint density at radius 1 is 1.12 bits per heavy atom. The van der Waals surface area contributed by atoms with Gasteiger partial charge in [-0.15, -0.1) is 0 Å². The minimum Gasteiger partial charge on any atom is -0.478 e. The Morgan fingerprint density at radius 3 is 2.28 bits per heavy atom. The molecule has 2 aromatic rings. The third kappa shape index (κ3) is 8.43. The molecular formula is C19H22N2O4. The molecule has 0 aliphatic heterocycles. The van der Waals surface area contributed by atoms with Crippen molar-refractivity contribution in [2.45, 2.75) is 12.3 Å². The largest absolute Gasteiger partial charge is 0.478 e. The first-order valence-electron chi connectivity index (χ1n) is 9.04. The molecule has 1 atom stereocenters. The van der Waals surface area contributed by atoms with Crippen molar-refractivity contribution >= 4 is 11.9 Å². The van der Waals surface area contributed by atoms with Crippen molar-refractivity contribution in [2.24, 2.45) is 0 Å². The third-order valence-electron chi connectivity index (χ3n) is 3.17. The predicted molar refractivity (Wildman–Crippen MR) is 95.5 cm³/mol. The van der Waals surface area contributed by atoms with Crippen molar-refractivity contribution in [3.05, 3.63) is 78.1 Å². The molecule has 0 bridgehead atoms. The Balaban J connectivity index is 0.000000416. The summed E-state index contributed by atoms with van der Waals surface area (Å²) >= 11 is 0. The van der Waals surface area contributed by atoms with Gasteiger partial charge in [0.2, 0.25) is 0 Å². The van der Waals surface area contributed by atoms with Crippen LogP contribution < -0.4 is 5.32 Å². The molecule has 0 amide bonds. The molecule has 0 saturated carbocycles. The second-order valence-corrected chi connectivity index (χ2v) is 4.94. The Hall–Kier alpha value is -2.99. The smallest absolute Gasteiger partial charge is 0.328 e. The summed E-state index contributed by atoms with van der Waals surface area (Å²) < 4.78 is 21.6. The van der Waals surface area contributed by atoms with E-state index < -0.39 is 18.9 Å². The highest BCUT2D eigenvalue weighted by Gasteiger charge is 2.13. The zero-order chi connectivity index (χ0) is 21.0. The minimum atomic E-state index is -2.09. The monoisotopic (exact) mass is 345 g/mol. The number of pyridine rings is 1. The van der Waals surface area contributed by atoms with Crippen LogP contribution in [0.2, 0.25) is 0 Å². The average molecular weight is 345 g/mol. The van der Waals surface area contributed by atoms with Crippen molar-refractivity contribution < 1.29 is 23.9 Å². The summed E-state index contributed by atoms with van der Waals surface area (Å²) in [6, 6.07) is 15.9. The lowest BCUT2D eigenvalue weighted by molar-refractivity contribution is -0.134. The molecule has 1 unspecified atom stereocenters. The van der Waals surface area contributed by atoms with Crippen molar-refractivity contribution in [1.29, 1.82) is 0 Å². The molecule has 6 heteroatoms. The van der Waals surface area contributed by atoms with Gasteiger partial charge >= 0.3 is 11.9 Å². The summed E-state index contributed by atoms with van der Waals surface area (Å²) in [5.41, 5.74) is 2.12. The second kappa shape index (κ2) is 11.5. The molecule has 1 aromatic carbocycles. The van der Waals surface area contributed by atoms with Gasteiger partial charge in [-0.2, -0.15) is 0 Å². The number of aliphatic carboxylic acids is 2. The van der Waals surface area contributed by atoms with E-state index in [2.05, 4.69) is 22.4 Å². The number of rotatable bonds is 7. The first kappa shape index (κ1) is 15.5. The number of carboxylic acid groups (broad SMARTS) is 2. The SMILES string of the molecule is O=C(O)/C=C\C(=O)O.[2H]C([2H])([2H])NCCC(c1ccccc1)c1ccccn1. The fraction of sp³-hybridized carbons (Fsp3) is 0.211. The summed E-state index contributed by atoms with van der Waals surface area (Å²) in [5, 5.41) is 18.2. The normalized spacial score (nSPS) is 13.7. The lowest BCUT2D eigenvalue weighted by atomic mass is 9.92. The lowest BCUT2D eigenvalue weighted by Crippen LogP contribution is -2.13. The van der Waals surface area contributed by atoms with E-state index in [1.54, 1.807) is 6.20 Å². The summed E-state index contributed by atoms with van der Waals surface area (Å²) in [6.07, 6.45) is 3.58. The maximum atomic E-state index is 9.55. The zero-order valence-electron chi connectivity index (χ0n) is 16.5. The fourth-order valence-corrected chi connectivity index (χ4v) is 2.11. The van der Waals surface area contributed by atoms with E-state index in [1.807, 2.05) is 36.4 Å². The summed E-state index contributed by atoms with van der Waals surface area (Å²) in [4.78, 5) is 23.5. The fourth-order valence-electron chi connectivity index (χ4n) is 2.11.